The van der Waals surface area contributed by atoms with Crippen LogP contribution in [0.1, 0.15) is 32.8 Å². The van der Waals surface area contributed by atoms with Gasteiger partial charge in [-0.2, -0.15) is 0 Å². The first kappa shape index (κ1) is 15.1. The second-order valence-corrected chi connectivity index (χ2v) is 5.74. The summed E-state index contributed by atoms with van der Waals surface area (Å²) in [6.07, 6.45) is 0.0527. The highest BCUT2D eigenvalue weighted by atomic mass is 16.4. The van der Waals surface area contributed by atoms with Crippen LogP contribution in [0.15, 0.2) is 54.6 Å². The van der Waals surface area contributed by atoms with Crippen LogP contribution in [0.3, 0.4) is 0 Å². The highest BCUT2D eigenvalue weighted by Gasteiger charge is 2.20. The van der Waals surface area contributed by atoms with E-state index in [0.717, 1.165) is 6.42 Å². The SMILES string of the molecule is CCC(C)(C)c1ccc(N(C(=O)O)c2ccccc2)cc1. The quantitative estimate of drug-likeness (QED) is 0.838. The average molecular weight is 283 g/mol. The Bertz CT molecular complexity index is 603. The molecule has 2 rings (SSSR count). The molecule has 0 heterocycles. The fourth-order valence-corrected chi connectivity index (χ4v) is 2.21. The number of benzene rings is 2. The Kier molecular flexibility index (Phi) is 4.32. The predicted molar refractivity (Wildman–Crippen MR) is 86.4 cm³/mol. The van der Waals surface area contributed by atoms with Crippen LogP contribution >= 0.6 is 0 Å². The van der Waals surface area contributed by atoms with E-state index in [0.29, 0.717) is 11.4 Å². The van der Waals surface area contributed by atoms with Gasteiger partial charge in [-0.15, -0.1) is 0 Å². The Morgan fingerprint density at radius 3 is 2.00 bits per heavy atom. The minimum absolute atomic E-state index is 0.0966. The molecule has 0 spiro atoms. The summed E-state index contributed by atoms with van der Waals surface area (Å²) >= 11 is 0. The third-order valence-electron chi connectivity index (χ3n) is 4.00. The molecule has 0 radical (unpaired) electrons. The van der Waals surface area contributed by atoms with Crippen LogP contribution in [0.4, 0.5) is 16.2 Å². The van der Waals surface area contributed by atoms with Gasteiger partial charge in [-0.25, -0.2) is 9.69 Å². The fourth-order valence-electron chi connectivity index (χ4n) is 2.21. The van der Waals surface area contributed by atoms with Crippen LogP contribution in [0.2, 0.25) is 0 Å². The molecule has 21 heavy (non-hydrogen) atoms. The maximum Gasteiger partial charge on any atom is 0.416 e. The lowest BCUT2D eigenvalue weighted by molar-refractivity contribution is 0.205. The maximum absolute atomic E-state index is 11.6. The van der Waals surface area contributed by atoms with Crippen molar-refractivity contribution in [3.05, 3.63) is 60.2 Å². The van der Waals surface area contributed by atoms with Gasteiger partial charge in [-0.05, 0) is 41.7 Å². The summed E-state index contributed by atoms with van der Waals surface area (Å²) in [6.45, 7) is 6.53. The molecule has 0 fully saturated rings. The van der Waals surface area contributed by atoms with Gasteiger partial charge in [-0.3, -0.25) is 0 Å². The van der Waals surface area contributed by atoms with Crippen LogP contribution in [-0.4, -0.2) is 11.2 Å². The zero-order chi connectivity index (χ0) is 15.5. The number of hydrogen-bond acceptors (Lipinski definition) is 1. The number of carbonyl (C=O) groups is 1. The highest BCUT2D eigenvalue weighted by molar-refractivity contribution is 5.94. The summed E-state index contributed by atoms with van der Waals surface area (Å²) < 4.78 is 0. The number of para-hydroxylation sites is 1. The lowest BCUT2D eigenvalue weighted by Gasteiger charge is -2.25. The number of anilines is 2. The van der Waals surface area contributed by atoms with Crippen molar-refractivity contribution < 1.29 is 9.90 Å². The molecule has 3 nitrogen and oxygen atoms in total. The van der Waals surface area contributed by atoms with Crippen molar-refractivity contribution >= 4 is 17.5 Å². The van der Waals surface area contributed by atoms with Gasteiger partial charge in [0, 0.05) is 0 Å². The number of amides is 1. The van der Waals surface area contributed by atoms with E-state index < -0.39 is 6.09 Å². The molecule has 2 aromatic carbocycles. The van der Waals surface area contributed by atoms with Crippen molar-refractivity contribution in [1.82, 2.24) is 0 Å². The van der Waals surface area contributed by atoms with E-state index in [1.54, 1.807) is 12.1 Å². The summed E-state index contributed by atoms with van der Waals surface area (Å²) in [5, 5.41) is 9.48. The van der Waals surface area contributed by atoms with Crippen molar-refractivity contribution in [3.63, 3.8) is 0 Å². The molecule has 0 aliphatic rings. The van der Waals surface area contributed by atoms with E-state index in [1.165, 1.54) is 10.5 Å². The standard InChI is InChI=1S/C18H21NO2/c1-4-18(2,3)14-10-12-16(13-11-14)19(17(20)21)15-8-6-5-7-9-15/h5-13H,4H2,1-3H3,(H,20,21). The van der Waals surface area contributed by atoms with Gasteiger partial charge in [0.15, 0.2) is 0 Å². The molecule has 110 valence electrons. The van der Waals surface area contributed by atoms with Crippen LogP contribution in [0.25, 0.3) is 0 Å². The largest absolute Gasteiger partial charge is 0.464 e. The molecule has 0 aliphatic heterocycles. The molecule has 0 aromatic heterocycles. The predicted octanol–water partition coefficient (Wildman–Crippen LogP) is 5.19. The minimum Gasteiger partial charge on any atom is -0.464 e. The van der Waals surface area contributed by atoms with E-state index in [2.05, 4.69) is 20.8 Å². The number of nitrogens with zero attached hydrogens (tertiary/aromatic N) is 1. The molecule has 1 N–H and O–H groups in total. The van der Waals surface area contributed by atoms with E-state index in [-0.39, 0.29) is 5.41 Å². The Hall–Kier alpha value is -2.29. The van der Waals surface area contributed by atoms with Crippen molar-refractivity contribution in [1.29, 1.82) is 0 Å². The molecule has 3 heteroatoms. The molecular weight excluding hydrogens is 262 g/mol. The normalized spacial score (nSPS) is 11.2. The third kappa shape index (κ3) is 3.24. The van der Waals surface area contributed by atoms with Crippen LogP contribution < -0.4 is 4.90 Å². The average Bonchev–Trinajstić information content (AvgIpc) is 2.49. The van der Waals surface area contributed by atoms with Crippen LogP contribution in [-0.2, 0) is 5.41 Å². The molecule has 0 bridgehead atoms. The van der Waals surface area contributed by atoms with Crippen LogP contribution in [0, 0.1) is 0 Å². The Morgan fingerprint density at radius 1 is 1.00 bits per heavy atom. The summed E-state index contributed by atoms with van der Waals surface area (Å²) in [7, 11) is 0. The number of carboxylic acid groups (broad SMARTS) is 1. The van der Waals surface area contributed by atoms with E-state index in [1.807, 2.05) is 42.5 Å². The van der Waals surface area contributed by atoms with Gasteiger partial charge >= 0.3 is 6.09 Å². The van der Waals surface area contributed by atoms with E-state index in [4.69, 9.17) is 0 Å². The van der Waals surface area contributed by atoms with E-state index in [9.17, 15) is 9.90 Å². The number of hydrogen-bond donors (Lipinski definition) is 1. The lowest BCUT2D eigenvalue weighted by atomic mass is 9.82. The maximum atomic E-state index is 11.6. The third-order valence-corrected chi connectivity index (χ3v) is 4.00. The van der Waals surface area contributed by atoms with Crippen LogP contribution in [0.5, 0.6) is 0 Å². The smallest absolute Gasteiger partial charge is 0.416 e. The second-order valence-electron chi connectivity index (χ2n) is 5.74. The molecule has 0 saturated heterocycles. The molecule has 0 unspecified atom stereocenters. The lowest BCUT2D eigenvalue weighted by Crippen LogP contribution is -2.23. The summed E-state index contributed by atoms with van der Waals surface area (Å²) in [6, 6.07) is 16.9. The fraction of sp³-hybridized carbons (Fsp3) is 0.278. The minimum atomic E-state index is -0.983. The summed E-state index contributed by atoms with van der Waals surface area (Å²) in [4.78, 5) is 12.9. The van der Waals surface area contributed by atoms with Crippen molar-refractivity contribution in [3.8, 4) is 0 Å². The topological polar surface area (TPSA) is 40.5 Å². The Labute approximate surface area is 125 Å². The van der Waals surface area contributed by atoms with Gasteiger partial charge in [0.05, 0.1) is 11.4 Å². The Morgan fingerprint density at radius 2 is 1.52 bits per heavy atom. The first-order valence-corrected chi connectivity index (χ1v) is 7.14. The van der Waals surface area contributed by atoms with E-state index >= 15 is 0 Å². The van der Waals surface area contributed by atoms with Crippen molar-refractivity contribution in [2.75, 3.05) is 4.90 Å². The zero-order valence-electron chi connectivity index (χ0n) is 12.7. The van der Waals surface area contributed by atoms with Crippen molar-refractivity contribution in [2.45, 2.75) is 32.6 Å². The molecule has 2 aromatic rings. The van der Waals surface area contributed by atoms with Gasteiger partial charge in [0.1, 0.15) is 0 Å². The number of rotatable bonds is 4. The van der Waals surface area contributed by atoms with Gasteiger partial charge in [0.2, 0.25) is 0 Å². The first-order valence-electron chi connectivity index (χ1n) is 7.14. The molecular formula is C18H21NO2. The molecule has 0 atom stereocenters. The second kappa shape index (κ2) is 6.00. The summed E-state index contributed by atoms with van der Waals surface area (Å²) in [5.74, 6) is 0. The molecule has 1 amide bonds. The van der Waals surface area contributed by atoms with Crippen molar-refractivity contribution in [2.24, 2.45) is 0 Å². The Balaban J connectivity index is 2.37. The highest BCUT2D eigenvalue weighted by Crippen LogP contribution is 2.30. The monoisotopic (exact) mass is 283 g/mol. The molecule has 0 aliphatic carbocycles. The summed E-state index contributed by atoms with van der Waals surface area (Å²) in [5.41, 5.74) is 2.61. The van der Waals surface area contributed by atoms with Gasteiger partial charge in [-0.1, -0.05) is 51.1 Å². The zero-order valence-corrected chi connectivity index (χ0v) is 12.7. The first-order chi connectivity index (χ1) is 9.95. The molecule has 0 saturated carbocycles. The van der Waals surface area contributed by atoms with Gasteiger partial charge < -0.3 is 5.11 Å². The van der Waals surface area contributed by atoms with Gasteiger partial charge in [0.25, 0.3) is 0 Å².